The van der Waals surface area contributed by atoms with Gasteiger partial charge in [-0.15, -0.1) is 0 Å². The number of anilines is 1. The molecule has 7 heteroatoms. The predicted octanol–water partition coefficient (Wildman–Crippen LogP) is -0.227. The lowest BCUT2D eigenvalue weighted by Gasteiger charge is -2.10. The second-order valence-electron chi connectivity index (χ2n) is 4.22. The number of carbonyl (C=O) groups is 2. The molecule has 5 N–H and O–H groups in total. The maximum Gasteiger partial charge on any atom is 0.253 e. The van der Waals surface area contributed by atoms with Gasteiger partial charge in [0.1, 0.15) is 0 Å². The summed E-state index contributed by atoms with van der Waals surface area (Å²) in [5.41, 5.74) is 4.29. The Kier molecular flexibility index (Phi) is 6.48. The number of hydrazine groups is 1. The van der Waals surface area contributed by atoms with Crippen molar-refractivity contribution in [1.29, 1.82) is 0 Å². The van der Waals surface area contributed by atoms with Crippen molar-refractivity contribution in [2.45, 2.75) is 6.92 Å². The first kappa shape index (κ1) is 15.9. The number of ether oxygens (including phenoxy) is 1. The highest BCUT2D eigenvalue weighted by molar-refractivity contribution is 6.01. The number of carbonyl (C=O) groups excluding carboxylic acids is 2. The molecule has 7 nitrogen and oxygen atoms in total. The maximum absolute atomic E-state index is 12.0. The standard InChI is InChI=1S/C13H20N4O3/c1-9-3-4-11(17-14)10(7-9)13(19)16-8-12(18)15-5-6-20-2/h3-4,7,17H,5-6,8,14H2,1-2H3,(H,15,18)(H,16,19). The molecule has 0 aliphatic carbocycles. The third-order valence-electron chi connectivity index (χ3n) is 2.61. The summed E-state index contributed by atoms with van der Waals surface area (Å²) < 4.78 is 4.81. The summed E-state index contributed by atoms with van der Waals surface area (Å²) in [7, 11) is 1.55. The van der Waals surface area contributed by atoms with Gasteiger partial charge >= 0.3 is 0 Å². The summed E-state index contributed by atoms with van der Waals surface area (Å²) in [6, 6.07) is 5.25. The van der Waals surface area contributed by atoms with Crippen LogP contribution in [0.1, 0.15) is 15.9 Å². The maximum atomic E-state index is 12.0. The summed E-state index contributed by atoms with van der Waals surface area (Å²) in [6.07, 6.45) is 0. The van der Waals surface area contributed by atoms with Gasteiger partial charge in [0.15, 0.2) is 0 Å². The number of hydrogen-bond donors (Lipinski definition) is 4. The van der Waals surface area contributed by atoms with Crippen LogP contribution in [0.15, 0.2) is 18.2 Å². The van der Waals surface area contributed by atoms with Gasteiger partial charge < -0.3 is 20.8 Å². The highest BCUT2D eigenvalue weighted by Crippen LogP contribution is 2.15. The number of methoxy groups -OCH3 is 1. The van der Waals surface area contributed by atoms with E-state index in [1.807, 2.05) is 13.0 Å². The molecule has 0 atom stereocenters. The van der Waals surface area contributed by atoms with Crippen molar-refractivity contribution in [3.8, 4) is 0 Å². The smallest absolute Gasteiger partial charge is 0.253 e. The van der Waals surface area contributed by atoms with E-state index < -0.39 is 0 Å². The Morgan fingerprint density at radius 3 is 2.70 bits per heavy atom. The van der Waals surface area contributed by atoms with Crippen molar-refractivity contribution in [3.05, 3.63) is 29.3 Å². The van der Waals surface area contributed by atoms with E-state index >= 15 is 0 Å². The van der Waals surface area contributed by atoms with Gasteiger partial charge in [-0.2, -0.15) is 0 Å². The van der Waals surface area contributed by atoms with Crippen LogP contribution in [0.3, 0.4) is 0 Å². The molecule has 0 fully saturated rings. The van der Waals surface area contributed by atoms with Crippen LogP contribution in [0.4, 0.5) is 5.69 Å². The molecule has 0 saturated carbocycles. The minimum Gasteiger partial charge on any atom is -0.383 e. The SMILES string of the molecule is COCCNC(=O)CNC(=O)c1cc(C)ccc1NN. The molecule has 0 heterocycles. The first-order valence-electron chi connectivity index (χ1n) is 6.19. The van der Waals surface area contributed by atoms with E-state index in [0.717, 1.165) is 5.56 Å². The van der Waals surface area contributed by atoms with Gasteiger partial charge in [-0.1, -0.05) is 11.6 Å². The molecule has 20 heavy (non-hydrogen) atoms. The fraction of sp³-hybridized carbons (Fsp3) is 0.385. The highest BCUT2D eigenvalue weighted by Gasteiger charge is 2.12. The van der Waals surface area contributed by atoms with Crippen molar-refractivity contribution in [1.82, 2.24) is 10.6 Å². The van der Waals surface area contributed by atoms with Gasteiger partial charge in [-0.3, -0.25) is 15.4 Å². The molecular weight excluding hydrogens is 260 g/mol. The van der Waals surface area contributed by atoms with Crippen LogP contribution >= 0.6 is 0 Å². The molecule has 0 aliphatic rings. The fourth-order valence-electron chi connectivity index (χ4n) is 1.58. The van der Waals surface area contributed by atoms with Crippen LogP contribution in [-0.2, 0) is 9.53 Å². The molecule has 110 valence electrons. The van der Waals surface area contributed by atoms with Gasteiger partial charge in [-0.25, -0.2) is 0 Å². The topological polar surface area (TPSA) is 105 Å². The van der Waals surface area contributed by atoms with Crippen molar-refractivity contribution < 1.29 is 14.3 Å². The number of nitrogens with two attached hydrogens (primary N) is 1. The van der Waals surface area contributed by atoms with Crippen molar-refractivity contribution in [2.24, 2.45) is 5.84 Å². The summed E-state index contributed by atoms with van der Waals surface area (Å²) in [4.78, 5) is 23.5. The predicted molar refractivity (Wildman–Crippen MR) is 76.2 cm³/mol. The van der Waals surface area contributed by atoms with Crippen LogP contribution in [0.2, 0.25) is 0 Å². The number of nitrogens with one attached hydrogen (secondary N) is 3. The third-order valence-corrected chi connectivity index (χ3v) is 2.61. The number of benzene rings is 1. The van der Waals surface area contributed by atoms with E-state index in [2.05, 4.69) is 16.1 Å². The van der Waals surface area contributed by atoms with E-state index in [0.29, 0.717) is 24.4 Å². The molecule has 0 saturated heterocycles. The lowest BCUT2D eigenvalue weighted by Crippen LogP contribution is -2.38. The molecule has 1 aromatic carbocycles. The lowest BCUT2D eigenvalue weighted by molar-refractivity contribution is -0.120. The van der Waals surface area contributed by atoms with E-state index in [9.17, 15) is 9.59 Å². The van der Waals surface area contributed by atoms with Crippen LogP contribution in [0.5, 0.6) is 0 Å². The van der Waals surface area contributed by atoms with Crippen molar-refractivity contribution in [2.75, 3.05) is 32.2 Å². The van der Waals surface area contributed by atoms with Gasteiger partial charge in [0, 0.05) is 13.7 Å². The zero-order valence-corrected chi connectivity index (χ0v) is 11.7. The normalized spacial score (nSPS) is 9.95. The average molecular weight is 280 g/mol. The van der Waals surface area contributed by atoms with Crippen molar-refractivity contribution >= 4 is 17.5 Å². The first-order valence-corrected chi connectivity index (χ1v) is 6.19. The van der Waals surface area contributed by atoms with Crippen LogP contribution in [-0.4, -0.2) is 38.6 Å². The molecule has 2 amide bonds. The quantitative estimate of drug-likeness (QED) is 0.314. The minimum atomic E-state index is -0.358. The van der Waals surface area contributed by atoms with Crippen molar-refractivity contribution in [3.63, 3.8) is 0 Å². The summed E-state index contributed by atoms with van der Waals surface area (Å²) in [6.45, 7) is 2.61. The highest BCUT2D eigenvalue weighted by atomic mass is 16.5. The number of hydrogen-bond acceptors (Lipinski definition) is 5. The van der Waals surface area contributed by atoms with Gasteiger partial charge in [-0.05, 0) is 19.1 Å². The Morgan fingerprint density at radius 2 is 2.05 bits per heavy atom. The molecular formula is C13H20N4O3. The first-order chi connectivity index (χ1) is 9.58. The number of aryl methyl sites for hydroxylation is 1. The number of nitrogen functional groups attached to an aromatic ring is 1. The van der Waals surface area contributed by atoms with E-state index in [1.165, 1.54) is 0 Å². The Morgan fingerprint density at radius 1 is 1.30 bits per heavy atom. The van der Waals surface area contributed by atoms with Gasteiger partial charge in [0.2, 0.25) is 5.91 Å². The third kappa shape index (κ3) is 4.87. The zero-order valence-electron chi connectivity index (χ0n) is 11.7. The molecule has 0 bridgehead atoms. The summed E-state index contributed by atoms with van der Waals surface area (Å²) in [5.74, 6) is 4.72. The number of rotatable bonds is 7. The largest absolute Gasteiger partial charge is 0.383 e. The van der Waals surface area contributed by atoms with E-state index in [4.69, 9.17) is 10.6 Å². The molecule has 1 rings (SSSR count). The Balaban J connectivity index is 2.54. The Labute approximate surface area is 117 Å². The van der Waals surface area contributed by atoms with E-state index in [-0.39, 0.29) is 18.4 Å². The summed E-state index contributed by atoms with van der Waals surface area (Å²) in [5, 5.41) is 5.15. The molecule has 0 aromatic heterocycles. The Bertz CT molecular complexity index is 477. The van der Waals surface area contributed by atoms with Crippen LogP contribution in [0.25, 0.3) is 0 Å². The fourth-order valence-corrected chi connectivity index (χ4v) is 1.58. The number of amides is 2. The average Bonchev–Trinajstić information content (AvgIpc) is 2.45. The monoisotopic (exact) mass is 280 g/mol. The molecule has 0 spiro atoms. The van der Waals surface area contributed by atoms with Crippen LogP contribution < -0.4 is 21.9 Å². The second-order valence-corrected chi connectivity index (χ2v) is 4.22. The minimum absolute atomic E-state index is 0.0967. The Hall–Kier alpha value is -2.12. The molecule has 0 radical (unpaired) electrons. The second kappa shape index (κ2) is 8.13. The summed E-state index contributed by atoms with van der Waals surface area (Å²) >= 11 is 0. The lowest BCUT2D eigenvalue weighted by atomic mass is 10.1. The zero-order chi connectivity index (χ0) is 15.0. The molecule has 0 unspecified atom stereocenters. The van der Waals surface area contributed by atoms with Gasteiger partial charge in [0.25, 0.3) is 5.91 Å². The van der Waals surface area contributed by atoms with E-state index in [1.54, 1.807) is 19.2 Å². The van der Waals surface area contributed by atoms with Crippen LogP contribution in [0, 0.1) is 6.92 Å². The molecule has 0 aliphatic heterocycles. The van der Waals surface area contributed by atoms with Gasteiger partial charge in [0.05, 0.1) is 24.4 Å². The molecule has 1 aromatic rings.